The van der Waals surface area contributed by atoms with Crippen molar-refractivity contribution in [2.45, 2.75) is 90.5 Å². The number of aromatic nitrogens is 1. The number of aryl methyl sites for hydroxylation is 5. The van der Waals surface area contributed by atoms with Crippen LogP contribution in [0.25, 0.3) is 38.4 Å². The predicted octanol–water partition coefficient (Wildman–Crippen LogP) is 9.42. The van der Waals surface area contributed by atoms with E-state index in [1.54, 1.807) is 45.0 Å². The van der Waals surface area contributed by atoms with Crippen LogP contribution in [0.5, 0.6) is 11.5 Å². The average Bonchev–Trinajstić information content (AvgIpc) is 3.31. The molecule has 386 valence electrons. The van der Waals surface area contributed by atoms with Crippen LogP contribution < -0.4 is 31.2 Å². The topological polar surface area (TPSA) is 211 Å². The molecule has 0 unspecified atom stereocenters. The molecule has 0 radical (unpaired) electrons. The maximum atomic E-state index is 13.7. The highest BCUT2D eigenvalue weighted by molar-refractivity contribution is 14.1. The third-order valence-corrected chi connectivity index (χ3v) is 14.1. The first-order valence-corrected chi connectivity index (χ1v) is 23.4. The molecule has 4 aromatic carbocycles. The predicted molar refractivity (Wildman–Crippen MR) is 295 cm³/mol. The number of halogens is 1. The Morgan fingerprint density at radius 3 is 1.67 bits per heavy atom. The zero-order valence-corrected chi connectivity index (χ0v) is 44.1. The van der Waals surface area contributed by atoms with Crippen molar-refractivity contribution in [2.24, 2.45) is 7.05 Å². The van der Waals surface area contributed by atoms with Crippen LogP contribution in [0.2, 0.25) is 0 Å². The first-order chi connectivity index (χ1) is 33.5. The Balaban J connectivity index is 0.000000262. The Labute approximate surface area is 438 Å². The number of benzene rings is 4. The summed E-state index contributed by atoms with van der Waals surface area (Å²) in [6.45, 7) is 17.9. The molecule has 0 saturated heterocycles. The number of rotatable bonds is 10. The molecule has 3 aromatic heterocycles. The summed E-state index contributed by atoms with van der Waals surface area (Å²) in [5.41, 5.74) is 9.77. The summed E-state index contributed by atoms with van der Waals surface area (Å²) in [7, 11) is 3.07. The van der Waals surface area contributed by atoms with Crippen molar-refractivity contribution in [3.63, 3.8) is 0 Å². The van der Waals surface area contributed by atoms with Gasteiger partial charge in [0, 0.05) is 54.6 Å². The van der Waals surface area contributed by atoms with E-state index >= 15 is 0 Å². The van der Waals surface area contributed by atoms with E-state index in [4.69, 9.17) is 37.8 Å². The van der Waals surface area contributed by atoms with Crippen LogP contribution >= 0.6 is 22.6 Å². The number of carbonyl (C=O) groups is 3. The van der Waals surface area contributed by atoms with Gasteiger partial charge in [-0.25, -0.2) is 0 Å². The van der Waals surface area contributed by atoms with E-state index in [0.29, 0.717) is 51.3 Å². The molecule has 73 heavy (non-hydrogen) atoms. The highest BCUT2D eigenvalue weighted by Crippen LogP contribution is 2.39. The molecule has 0 atom stereocenters. The summed E-state index contributed by atoms with van der Waals surface area (Å²) in [5, 5.41) is 19.4. The summed E-state index contributed by atoms with van der Waals surface area (Å²) < 4.78 is 35.2. The van der Waals surface area contributed by atoms with Gasteiger partial charge >= 0.3 is 7.12 Å². The molecule has 15 nitrogen and oxygen atoms in total. The van der Waals surface area contributed by atoms with Crippen molar-refractivity contribution in [1.82, 2.24) is 4.57 Å². The number of Topliss-reactive ketones (excluding diaryl/α,β-unsaturated/α-hetero) is 3. The molecule has 1 aliphatic rings. The zero-order chi connectivity index (χ0) is 52.5. The molecule has 1 aliphatic carbocycles. The zero-order valence-electron chi connectivity index (χ0n) is 41.9. The Bertz CT molecular complexity index is 3560. The van der Waals surface area contributed by atoms with Crippen LogP contribution in [0.4, 0.5) is 0 Å². The largest absolute Gasteiger partial charge is 0.495 e. The molecular formula is C56H63BINO14. The van der Waals surface area contributed by atoms with Crippen molar-refractivity contribution in [1.29, 1.82) is 0 Å². The Hall–Kier alpha value is -6.51. The van der Waals surface area contributed by atoms with E-state index in [1.807, 2.05) is 40.8 Å². The first-order valence-electron chi connectivity index (χ1n) is 22.4. The molecule has 0 amide bonds. The lowest BCUT2D eigenvalue weighted by molar-refractivity contribution is 0.0321. The van der Waals surface area contributed by atoms with Gasteiger partial charge in [-0.1, -0.05) is 20.4 Å². The molecule has 2 N–H and O–H groups in total. The van der Waals surface area contributed by atoms with E-state index in [2.05, 4.69) is 40.1 Å². The van der Waals surface area contributed by atoms with E-state index < -0.39 is 18.0 Å². The fourth-order valence-electron chi connectivity index (χ4n) is 8.63. The second-order valence-electron chi connectivity index (χ2n) is 17.6. The van der Waals surface area contributed by atoms with Gasteiger partial charge in [0.1, 0.15) is 17.4 Å². The van der Waals surface area contributed by atoms with Gasteiger partial charge in [-0.3, -0.25) is 28.8 Å². The standard InChI is InChI=1S/C28H28O8.C13H13BO5.C13H14INO.2CH4/c1-14-8-23-26(25(16(14)3)17(4)29)28(31)20(11-34-23)24-15(2)7-18-9-21(35-12-32-5)22(36-13-33-6)10-19(18)27(24)30;1-6-4-10-12(11(7(6)2)8(3)15)13(16)9(5-19-10)14(17)18;1-7-5-10-11(6-8(7)2)15(4)9(3)12(14)13(10)16;;/h8-11H,7,12-13H2,1-6H3;4-5,17-18H,1-3H3;5-6H,1-4H3;2*1H4. The number of nitrogens with zero attached hydrogens (tertiary/aromatic N) is 1. The van der Waals surface area contributed by atoms with Gasteiger partial charge in [0.25, 0.3) is 0 Å². The first kappa shape index (κ1) is 59.1. The highest BCUT2D eigenvalue weighted by atomic mass is 127. The van der Waals surface area contributed by atoms with E-state index in [0.717, 1.165) is 43.1 Å². The molecule has 0 fully saturated rings. The number of fused-ring (bicyclic) bond motifs is 4. The van der Waals surface area contributed by atoms with Crippen LogP contribution in [0.3, 0.4) is 0 Å². The number of pyridine rings is 1. The van der Waals surface area contributed by atoms with Crippen LogP contribution in [-0.2, 0) is 22.9 Å². The van der Waals surface area contributed by atoms with E-state index in [9.17, 15) is 28.8 Å². The Kier molecular flexibility index (Phi) is 19.4. The number of carbonyl (C=O) groups excluding carboxylic acids is 3. The summed E-state index contributed by atoms with van der Waals surface area (Å²) in [4.78, 5) is 76.1. The molecule has 8 rings (SSSR count). The Morgan fingerprint density at radius 2 is 1.16 bits per heavy atom. The fraction of sp³-hybridized carbons (Fsp3) is 0.321. The maximum absolute atomic E-state index is 13.7. The van der Waals surface area contributed by atoms with Gasteiger partial charge in [0.05, 0.1) is 37.1 Å². The minimum Gasteiger partial charge on any atom is -0.464 e. The number of ether oxygens (including phenoxy) is 4. The van der Waals surface area contributed by atoms with Crippen LogP contribution in [0.15, 0.2) is 77.7 Å². The van der Waals surface area contributed by atoms with Crippen LogP contribution in [0, 0.1) is 52.0 Å². The minimum atomic E-state index is -1.93. The summed E-state index contributed by atoms with van der Waals surface area (Å²) >= 11 is 2.13. The number of hydrogen-bond acceptors (Lipinski definition) is 14. The second kappa shape index (κ2) is 24.0. The Morgan fingerprint density at radius 1 is 0.671 bits per heavy atom. The summed E-state index contributed by atoms with van der Waals surface area (Å²) in [6.07, 6.45) is 2.73. The van der Waals surface area contributed by atoms with Crippen LogP contribution in [-0.4, -0.2) is 66.9 Å². The van der Waals surface area contributed by atoms with E-state index in [1.165, 1.54) is 45.5 Å². The minimum absolute atomic E-state index is 0. The summed E-state index contributed by atoms with van der Waals surface area (Å²) in [5.74, 6) is -0.105. The van der Waals surface area contributed by atoms with Crippen molar-refractivity contribution in [3.05, 3.63) is 156 Å². The van der Waals surface area contributed by atoms with Crippen molar-refractivity contribution in [3.8, 4) is 11.5 Å². The fourth-order valence-corrected chi connectivity index (χ4v) is 9.28. The molecule has 0 aliphatic heterocycles. The van der Waals surface area contributed by atoms with Gasteiger partial charge in [-0.05, 0) is 174 Å². The van der Waals surface area contributed by atoms with Gasteiger partial charge in [0.15, 0.2) is 47.9 Å². The molecule has 17 heteroatoms. The van der Waals surface area contributed by atoms with Gasteiger partial charge < -0.3 is 42.4 Å². The molecular weight excluding hydrogens is 1050 g/mol. The lowest BCUT2D eigenvalue weighted by Gasteiger charge is -2.22. The lowest BCUT2D eigenvalue weighted by Crippen LogP contribution is -2.41. The van der Waals surface area contributed by atoms with Gasteiger partial charge in [-0.15, -0.1) is 0 Å². The van der Waals surface area contributed by atoms with Gasteiger partial charge in [0.2, 0.25) is 10.9 Å². The highest BCUT2D eigenvalue weighted by Gasteiger charge is 2.31. The third-order valence-electron chi connectivity index (χ3n) is 12.9. The van der Waals surface area contributed by atoms with Crippen LogP contribution in [0.1, 0.15) is 117 Å². The maximum Gasteiger partial charge on any atom is 0.495 e. The quantitative estimate of drug-likeness (QED) is 0.0566. The molecule has 0 saturated carbocycles. The second-order valence-corrected chi connectivity index (χ2v) is 18.7. The number of ketones is 3. The smallest absolute Gasteiger partial charge is 0.464 e. The van der Waals surface area contributed by atoms with Gasteiger partial charge in [-0.2, -0.15) is 0 Å². The lowest BCUT2D eigenvalue weighted by atomic mass is 9.80. The van der Waals surface area contributed by atoms with E-state index in [-0.39, 0.29) is 89.7 Å². The molecule has 0 spiro atoms. The molecule has 3 heterocycles. The SMILES string of the molecule is C.C.CC(=O)c1c(C)c(C)cc2occ(B(O)O)c(=O)c12.COCOc1cc2c(cc1OCOC)C(=O)C(c1coc3cc(C)c(C)c(C(C)=O)c3c1=O)=C(C)C2.Cc1cc2c(=O)c(I)c(C)n(C)c2cc1C. The summed E-state index contributed by atoms with van der Waals surface area (Å²) in [6, 6.07) is 10.8. The average molecular weight is 1110 g/mol. The van der Waals surface area contributed by atoms with Crippen molar-refractivity contribution >= 4 is 90.9 Å². The van der Waals surface area contributed by atoms with Crippen molar-refractivity contribution < 1.29 is 52.2 Å². The van der Waals surface area contributed by atoms with Crippen molar-refractivity contribution in [2.75, 3.05) is 27.8 Å². The number of allylic oxidation sites excluding steroid dienone is 2. The molecule has 0 bridgehead atoms. The normalized spacial score (nSPS) is 11.8. The molecule has 7 aromatic rings. The third kappa shape index (κ3) is 11.5. The monoisotopic (exact) mass is 1110 g/mol. The number of hydrogen-bond donors (Lipinski definition) is 2. The number of methoxy groups -OCH3 is 2.